The van der Waals surface area contributed by atoms with Crippen molar-refractivity contribution in [2.45, 2.75) is 50.9 Å². The van der Waals surface area contributed by atoms with E-state index in [1.165, 1.54) is 12.8 Å². The molecule has 0 bridgehead atoms. The van der Waals surface area contributed by atoms with Gasteiger partial charge in [-0.3, -0.25) is 0 Å². The predicted octanol–water partition coefficient (Wildman–Crippen LogP) is 4.09. The van der Waals surface area contributed by atoms with Gasteiger partial charge in [0.15, 0.2) is 4.75 Å². The van der Waals surface area contributed by atoms with Crippen LogP contribution in [0.3, 0.4) is 0 Å². The molecule has 0 radical (unpaired) electrons. The van der Waals surface area contributed by atoms with Gasteiger partial charge in [0.1, 0.15) is 24.0 Å². The van der Waals surface area contributed by atoms with Gasteiger partial charge in [0.05, 0.1) is 0 Å². The van der Waals surface area contributed by atoms with Crippen LogP contribution in [0.2, 0.25) is 0 Å². The summed E-state index contributed by atoms with van der Waals surface area (Å²) in [5.74, 6) is 1.88. The standard InChI is InChI=1S/C17H23N2O2S/c1-17(2,3)22(4)20-11-12-5-7-13(8-6-12)15-18-19-16(21-15)14-9-10-14/h5-8,14H,9-11H2,1-4H3/q+1. The molecule has 5 heteroatoms. The SMILES string of the molecule is C[S+](OCc1ccc(-c2nnc(C3CC3)o2)cc1)C(C)(C)C. The first kappa shape index (κ1) is 15.6. The average molecular weight is 319 g/mol. The summed E-state index contributed by atoms with van der Waals surface area (Å²) in [6.07, 6.45) is 4.49. The first-order valence-electron chi connectivity index (χ1n) is 7.65. The molecule has 0 amide bonds. The molecule has 0 saturated heterocycles. The fourth-order valence-electron chi connectivity index (χ4n) is 1.92. The molecule has 1 heterocycles. The van der Waals surface area contributed by atoms with Gasteiger partial charge in [-0.1, -0.05) is 12.1 Å². The molecule has 1 unspecified atom stereocenters. The Labute approximate surface area is 134 Å². The maximum Gasteiger partial charge on any atom is 0.247 e. The van der Waals surface area contributed by atoms with Crippen molar-refractivity contribution >= 4 is 11.2 Å². The van der Waals surface area contributed by atoms with Crippen molar-refractivity contribution in [2.24, 2.45) is 0 Å². The Kier molecular flexibility index (Phi) is 4.28. The Bertz CT molecular complexity index is 627. The van der Waals surface area contributed by atoms with Crippen LogP contribution in [-0.2, 0) is 22.0 Å². The highest BCUT2D eigenvalue weighted by atomic mass is 32.2. The van der Waals surface area contributed by atoms with E-state index in [0.717, 1.165) is 17.0 Å². The molecule has 1 saturated carbocycles. The van der Waals surface area contributed by atoms with Crippen molar-refractivity contribution < 1.29 is 8.60 Å². The van der Waals surface area contributed by atoms with Gasteiger partial charge in [-0.15, -0.1) is 10.2 Å². The van der Waals surface area contributed by atoms with Crippen LogP contribution in [0.5, 0.6) is 0 Å². The third-order valence-corrected chi connectivity index (χ3v) is 6.03. The van der Waals surface area contributed by atoms with Crippen molar-refractivity contribution in [3.8, 4) is 11.5 Å². The van der Waals surface area contributed by atoms with Crippen LogP contribution in [0, 0.1) is 0 Å². The van der Waals surface area contributed by atoms with E-state index in [1.807, 2.05) is 12.1 Å². The lowest BCUT2D eigenvalue weighted by Gasteiger charge is -2.15. The van der Waals surface area contributed by atoms with E-state index in [1.54, 1.807) is 0 Å². The second kappa shape index (κ2) is 6.05. The Morgan fingerprint density at radius 1 is 1.18 bits per heavy atom. The van der Waals surface area contributed by atoms with Crippen molar-refractivity contribution in [1.82, 2.24) is 10.2 Å². The Morgan fingerprint density at radius 3 is 2.45 bits per heavy atom. The quantitative estimate of drug-likeness (QED) is 0.779. The Balaban J connectivity index is 1.62. The molecule has 3 rings (SSSR count). The van der Waals surface area contributed by atoms with Crippen LogP contribution in [-0.4, -0.2) is 21.2 Å². The number of hydrogen-bond donors (Lipinski definition) is 0. The summed E-state index contributed by atoms with van der Waals surface area (Å²) >= 11 is -0.0650. The minimum absolute atomic E-state index is 0.0650. The molecule has 1 aliphatic carbocycles. The van der Waals surface area contributed by atoms with Crippen LogP contribution >= 0.6 is 0 Å². The average Bonchev–Trinajstić information content (AvgIpc) is 3.22. The topological polar surface area (TPSA) is 48.2 Å². The summed E-state index contributed by atoms with van der Waals surface area (Å²) in [5.41, 5.74) is 2.13. The number of nitrogens with zero attached hydrogens (tertiary/aromatic N) is 2. The molecule has 1 aromatic heterocycles. The molecule has 1 fully saturated rings. The smallest absolute Gasteiger partial charge is 0.247 e. The Hall–Kier alpha value is -1.33. The zero-order chi connectivity index (χ0) is 15.7. The number of aromatic nitrogens is 2. The Morgan fingerprint density at radius 2 is 1.86 bits per heavy atom. The van der Waals surface area contributed by atoms with E-state index >= 15 is 0 Å². The van der Waals surface area contributed by atoms with Crippen molar-refractivity contribution in [3.63, 3.8) is 0 Å². The third-order valence-electron chi connectivity index (χ3n) is 3.83. The fraction of sp³-hybridized carbons (Fsp3) is 0.529. The molecule has 118 valence electrons. The second-order valence-corrected chi connectivity index (χ2v) is 9.11. The highest BCUT2D eigenvalue weighted by Crippen LogP contribution is 2.39. The molecular weight excluding hydrogens is 296 g/mol. The first-order chi connectivity index (χ1) is 10.4. The maximum atomic E-state index is 5.96. The molecule has 2 aromatic rings. The molecule has 0 spiro atoms. The van der Waals surface area contributed by atoms with E-state index < -0.39 is 0 Å². The highest BCUT2D eigenvalue weighted by molar-refractivity contribution is 7.92. The molecule has 1 aromatic carbocycles. The first-order valence-corrected chi connectivity index (χ1v) is 9.21. The van der Waals surface area contributed by atoms with Crippen molar-refractivity contribution in [3.05, 3.63) is 35.7 Å². The van der Waals surface area contributed by atoms with E-state index in [9.17, 15) is 0 Å². The van der Waals surface area contributed by atoms with Gasteiger partial charge >= 0.3 is 0 Å². The van der Waals surface area contributed by atoms with Crippen molar-refractivity contribution in [2.75, 3.05) is 6.26 Å². The minimum Gasteiger partial charge on any atom is -0.420 e. The van der Waals surface area contributed by atoms with Crippen LogP contribution in [0.15, 0.2) is 28.7 Å². The van der Waals surface area contributed by atoms with Crippen LogP contribution in [0.1, 0.15) is 51.0 Å². The lowest BCUT2D eigenvalue weighted by atomic mass is 10.1. The maximum absolute atomic E-state index is 5.96. The van der Waals surface area contributed by atoms with Gasteiger partial charge in [0.25, 0.3) is 0 Å². The fourth-order valence-corrected chi connectivity index (χ4v) is 2.59. The number of benzene rings is 1. The number of rotatable bonds is 5. The van der Waals surface area contributed by atoms with E-state index in [2.05, 4.69) is 49.4 Å². The van der Waals surface area contributed by atoms with Gasteiger partial charge < -0.3 is 4.42 Å². The zero-order valence-corrected chi connectivity index (χ0v) is 14.4. The summed E-state index contributed by atoms with van der Waals surface area (Å²) in [6.45, 7) is 7.24. The second-order valence-electron chi connectivity index (χ2n) is 6.75. The molecule has 1 aliphatic rings. The molecule has 0 aliphatic heterocycles. The highest BCUT2D eigenvalue weighted by Gasteiger charge is 2.32. The van der Waals surface area contributed by atoms with E-state index in [0.29, 0.717) is 18.4 Å². The summed E-state index contributed by atoms with van der Waals surface area (Å²) in [5, 5.41) is 8.26. The normalized spacial score (nSPS) is 16.7. The van der Waals surface area contributed by atoms with Gasteiger partial charge in [-0.2, -0.15) is 4.18 Å². The van der Waals surface area contributed by atoms with Gasteiger partial charge in [-0.25, -0.2) is 0 Å². The summed E-state index contributed by atoms with van der Waals surface area (Å²) in [7, 11) is 0. The van der Waals surface area contributed by atoms with Gasteiger partial charge in [0.2, 0.25) is 11.8 Å². The molecule has 4 nitrogen and oxygen atoms in total. The van der Waals surface area contributed by atoms with Crippen LogP contribution in [0.4, 0.5) is 0 Å². The molecular formula is C17H23N2O2S+. The molecule has 22 heavy (non-hydrogen) atoms. The van der Waals surface area contributed by atoms with Crippen LogP contribution in [0.25, 0.3) is 11.5 Å². The largest absolute Gasteiger partial charge is 0.420 e. The molecule has 0 N–H and O–H groups in total. The summed E-state index contributed by atoms with van der Waals surface area (Å²) in [4.78, 5) is 0. The third kappa shape index (κ3) is 3.70. The summed E-state index contributed by atoms with van der Waals surface area (Å²) in [6, 6.07) is 8.17. The monoisotopic (exact) mass is 319 g/mol. The van der Waals surface area contributed by atoms with E-state index in [4.69, 9.17) is 8.60 Å². The zero-order valence-electron chi connectivity index (χ0n) is 13.6. The lowest BCUT2D eigenvalue weighted by molar-refractivity contribution is 0.343. The van der Waals surface area contributed by atoms with Gasteiger partial charge in [-0.05, 0) is 51.3 Å². The molecule has 1 atom stereocenters. The van der Waals surface area contributed by atoms with Gasteiger partial charge in [0, 0.05) is 11.5 Å². The minimum atomic E-state index is -0.0650. The predicted molar refractivity (Wildman–Crippen MR) is 89.5 cm³/mol. The van der Waals surface area contributed by atoms with E-state index in [-0.39, 0.29) is 15.9 Å². The lowest BCUT2D eigenvalue weighted by Crippen LogP contribution is -2.28. The summed E-state index contributed by atoms with van der Waals surface area (Å²) < 4.78 is 11.9. The number of hydrogen-bond acceptors (Lipinski definition) is 4. The van der Waals surface area contributed by atoms with Crippen LogP contribution < -0.4 is 0 Å². The van der Waals surface area contributed by atoms with Crippen molar-refractivity contribution in [1.29, 1.82) is 0 Å².